The molecule has 0 aliphatic rings. The Bertz CT molecular complexity index is 598. The predicted octanol–water partition coefficient (Wildman–Crippen LogP) is 1.90. The van der Waals surface area contributed by atoms with Gasteiger partial charge in [-0.1, -0.05) is 18.2 Å². The van der Waals surface area contributed by atoms with Crippen LogP contribution in [0.3, 0.4) is 0 Å². The molecule has 2 N–H and O–H groups in total. The van der Waals surface area contributed by atoms with E-state index in [0.29, 0.717) is 11.1 Å². The van der Waals surface area contributed by atoms with Gasteiger partial charge >= 0.3 is 0 Å². The van der Waals surface area contributed by atoms with Crippen LogP contribution in [0.25, 0.3) is 10.9 Å². The number of hydrogen-bond acceptors (Lipinski definition) is 3. The first kappa shape index (κ1) is 14.3. The molecule has 1 aromatic heterocycles. The summed E-state index contributed by atoms with van der Waals surface area (Å²) in [6, 6.07) is 8.69. The van der Waals surface area contributed by atoms with Gasteiger partial charge in [0.05, 0.1) is 17.6 Å². The van der Waals surface area contributed by atoms with E-state index in [2.05, 4.69) is 4.98 Å². The highest BCUT2D eigenvalue weighted by Gasteiger charge is 2.21. The average Bonchev–Trinajstić information content (AvgIpc) is 2.45. The normalized spacial score (nSPS) is 11.0. The maximum atomic E-state index is 12.5. The number of alkyl halides is 2. The van der Waals surface area contributed by atoms with Crippen molar-refractivity contribution in [2.24, 2.45) is 5.73 Å². The van der Waals surface area contributed by atoms with Gasteiger partial charge < -0.3 is 10.6 Å². The number of fused-ring (bicyclic) bond motifs is 1. The number of nitrogens with two attached hydrogens (primary N) is 1. The third-order valence-corrected chi connectivity index (χ3v) is 2.91. The zero-order valence-electron chi connectivity index (χ0n) is 10.8. The Morgan fingerprint density at radius 2 is 2.05 bits per heavy atom. The van der Waals surface area contributed by atoms with Crippen LogP contribution >= 0.6 is 0 Å². The molecule has 1 amide bonds. The molecule has 0 radical (unpaired) electrons. The van der Waals surface area contributed by atoms with E-state index in [-0.39, 0.29) is 13.1 Å². The van der Waals surface area contributed by atoms with Crippen molar-refractivity contribution in [2.75, 3.05) is 19.6 Å². The summed E-state index contributed by atoms with van der Waals surface area (Å²) in [6.45, 7) is -0.400. The zero-order valence-corrected chi connectivity index (χ0v) is 10.8. The third-order valence-electron chi connectivity index (χ3n) is 2.91. The predicted molar refractivity (Wildman–Crippen MR) is 72.7 cm³/mol. The van der Waals surface area contributed by atoms with Crippen LogP contribution in [0, 0.1) is 0 Å². The Balaban J connectivity index is 2.38. The summed E-state index contributed by atoms with van der Waals surface area (Å²) in [4.78, 5) is 17.6. The van der Waals surface area contributed by atoms with Crippen LogP contribution in [-0.4, -0.2) is 41.9 Å². The molecule has 1 aromatic carbocycles. The number of benzene rings is 1. The number of rotatable bonds is 5. The highest BCUT2D eigenvalue weighted by Crippen LogP contribution is 2.18. The van der Waals surface area contributed by atoms with E-state index in [9.17, 15) is 13.6 Å². The number of aromatic nitrogens is 1. The Kier molecular flexibility index (Phi) is 4.57. The summed E-state index contributed by atoms with van der Waals surface area (Å²) < 4.78 is 25.1. The first-order valence-corrected chi connectivity index (χ1v) is 6.24. The average molecular weight is 279 g/mol. The smallest absolute Gasteiger partial charge is 0.256 e. The molecule has 0 aliphatic heterocycles. The maximum absolute atomic E-state index is 12.5. The molecular weight excluding hydrogens is 264 g/mol. The second-order valence-corrected chi connectivity index (χ2v) is 4.31. The van der Waals surface area contributed by atoms with Gasteiger partial charge in [0.25, 0.3) is 12.3 Å². The van der Waals surface area contributed by atoms with Crippen molar-refractivity contribution in [3.8, 4) is 0 Å². The van der Waals surface area contributed by atoms with Gasteiger partial charge in [0.15, 0.2) is 0 Å². The third kappa shape index (κ3) is 3.08. The standard InChI is InChI=1S/C14H15F2N3O/c15-12(16)9-19(8-6-17)14(20)11-5-1-3-10-4-2-7-18-13(10)11/h1-5,7,12H,6,8-9,17H2. The van der Waals surface area contributed by atoms with Gasteiger partial charge in [0, 0.05) is 24.7 Å². The van der Waals surface area contributed by atoms with E-state index in [4.69, 9.17) is 5.73 Å². The molecular formula is C14H15F2N3O. The van der Waals surface area contributed by atoms with Crippen LogP contribution in [0.4, 0.5) is 8.78 Å². The number of hydrogen-bond donors (Lipinski definition) is 1. The Labute approximate surface area is 115 Å². The molecule has 2 aromatic rings. The summed E-state index contributed by atoms with van der Waals surface area (Å²) in [5, 5.41) is 0.795. The summed E-state index contributed by atoms with van der Waals surface area (Å²) in [5.74, 6) is -0.472. The summed E-state index contributed by atoms with van der Waals surface area (Å²) in [7, 11) is 0. The van der Waals surface area contributed by atoms with Gasteiger partial charge in [-0.05, 0) is 12.1 Å². The van der Waals surface area contributed by atoms with Crippen molar-refractivity contribution in [3.05, 3.63) is 42.1 Å². The van der Waals surface area contributed by atoms with E-state index in [1.165, 1.54) is 0 Å². The first-order valence-electron chi connectivity index (χ1n) is 6.24. The van der Waals surface area contributed by atoms with Gasteiger partial charge in [-0.15, -0.1) is 0 Å². The lowest BCUT2D eigenvalue weighted by atomic mass is 10.1. The maximum Gasteiger partial charge on any atom is 0.256 e. The van der Waals surface area contributed by atoms with Gasteiger partial charge in [0.2, 0.25) is 0 Å². The Morgan fingerprint density at radius 3 is 2.75 bits per heavy atom. The van der Waals surface area contributed by atoms with Crippen LogP contribution in [0.2, 0.25) is 0 Å². The first-order chi connectivity index (χ1) is 9.63. The van der Waals surface area contributed by atoms with Gasteiger partial charge in [-0.2, -0.15) is 0 Å². The quantitative estimate of drug-likeness (QED) is 0.909. The van der Waals surface area contributed by atoms with Crippen molar-refractivity contribution < 1.29 is 13.6 Å². The number of pyridine rings is 1. The second kappa shape index (κ2) is 6.38. The fourth-order valence-electron chi connectivity index (χ4n) is 2.05. The van der Waals surface area contributed by atoms with E-state index in [1.54, 1.807) is 24.4 Å². The molecule has 20 heavy (non-hydrogen) atoms. The number of halogens is 2. The molecule has 0 saturated carbocycles. The molecule has 2 rings (SSSR count). The van der Waals surface area contributed by atoms with Crippen LogP contribution < -0.4 is 5.73 Å². The number of carbonyl (C=O) groups excluding carboxylic acids is 1. The minimum atomic E-state index is -2.59. The molecule has 0 bridgehead atoms. The number of para-hydroxylation sites is 1. The monoisotopic (exact) mass is 279 g/mol. The van der Waals surface area contributed by atoms with Gasteiger partial charge in [-0.3, -0.25) is 9.78 Å². The number of carbonyl (C=O) groups is 1. The molecule has 4 nitrogen and oxygen atoms in total. The van der Waals surface area contributed by atoms with E-state index < -0.39 is 18.9 Å². The largest absolute Gasteiger partial charge is 0.332 e. The lowest BCUT2D eigenvalue weighted by Gasteiger charge is -2.22. The molecule has 106 valence electrons. The number of amides is 1. The van der Waals surface area contributed by atoms with E-state index in [1.807, 2.05) is 12.1 Å². The van der Waals surface area contributed by atoms with Crippen LogP contribution in [0.5, 0.6) is 0 Å². The minimum Gasteiger partial charge on any atom is -0.332 e. The van der Waals surface area contributed by atoms with Crippen LogP contribution in [-0.2, 0) is 0 Å². The summed E-state index contributed by atoms with van der Waals surface area (Å²) >= 11 is 0. The Morgan fingerprint density at radius 1 is 1.30 bits per heavy atom. The number of nitrogens with zero attached hydrogens (tertiary/aromatic N) is 2. The van der Waals surface area contributed by atoms with Crippen LogP contribution in [0.1, 0.15) is 10.4 Å². The molecule has 0 aliphatic carbocycles. The highest BCUT2D eigenvalue weighted by atomic mass is 19.3. The van der Waals surface area contributed by atoms with Gasteiger partial charge in [0.1, 0.15) is 0 Å². The van der Waals surface area contributed by atoms with Crippen molar-refractivity contribution >= 4 is 16.8 Å². The van der Waals surface area contributed by atoms with Crippen LogP contribution in [0.15, 0.2) is 36.5 Å². The second-order valence-electron chi connectivity index (χ2n) is 4.31. The molecule has 0 spiro atoms. The van der Waals surface area contributed by atoms with Crippen molar-refractivity contribution in [2.45, 2.75) is 6.43 Å². The van der Waals surface area contributed by atoms with Crippen molar-refractivity contribution in [1.29, 1.82) is 0 Å². The molecule has 6 heteroatoms. The minimum absolute atomic E-state index is 0.0897. The van der Waals surface area contributed by atoms with Crippen molar-refractivity contribution in [1.82, 2.24) is 9.88 Å². The molecule has 1 heterocycles. The lowest BCUT2D eigenvalue weighted by Crippen LogP contribution is -2.38. The van der Waals surface area contributed by atoms with Gasteiger partial charge in [-0.25, -0.2) is 8.78 Å². The SMILES string of the molecule is NCCN(CC(F)F)C(=O)c1cccc2cccnc12. The summed E-state index contributed by atoms with van der Waals surface area (Å²) in [6.07, 6.45) is -1.02. The summed E-state index contributed by atoms with van der Waals surface area (Å²) in [5.41, 5.74) is 6.21. The molecule has 0 atom stereocenters. The fraction of sp³-hybridized carbons (Fsp3) is 0.286. The zero-order chi connectivity index (χ0) is 14.5. The molecule has 0 fully saturated rings. The Hall–Kier alpha value is -2.08. The van der Waals surface area contributed by atoms with Crippen molar-refractivity contribution in [3.63, 3.8) is 0 Å². The lowest BCUT2D eigenvalue weighted by molar-refractivity contribution is 0.0564. The topological polar surface area (TPSA) is 59.2 Å². The highest BCUT2D eigenvalue weighted by molar-refractivity contribution is 6.05. The van der Waals surface area contributed by atoms with E-state index >= 15 is 0 Å². The fourth-order valence-corrected chi connectivity index (χ4v) is 2.05. The van der Waals surface area contributed by atoms with E-state index in [0.717, 1.165) is 10.3 Å². The molecule has 0 unspecified atom stereocenters. The molecule has 0 saturated heterocycles.